The normalized spacial score (nSPS) is 13.2. The average molecular weight is 362 g/mol. The van der Waals surface area contributed by atoms with Crippen LogP contribution in [0.25, 0.3) is 11.3 Å². The molecular formula is C22H22N2O3. The first-order valence-corrected chi connectivity index (χ1v) is 9.30. The molecule has 1 aliphatic carbocycles. The van der Waals surface area contributed by atoms with Gasteiger partial charge in [0.05, 0.1) is 0 Å². The molecule has 0 spiro atoms. The summed E-state index contributed by atoms with van der Waals surface area (Å²) in [4.78, 5) is 27.9. The number of aromatic nitrogens is 1. The predicted octanol–water partition coefficient (Wildman–Crippen LogP) is 3.75. The second-order valence-electron chi connectivity index (χ2n) is 6.93. The molecule has 0 saturated heterocycles. The Morgan fingerprint density at radius 1 is 1.11 bits per heavy atom. The Morgan fingerprint density at radius 3 is 2.70 bits per heavy atom. The number of rotatable bonds is 4. The molecule has 3 aromatic rings. The van der Waals surface area contributed by atoms with Crippen LogP contribution in [0.1, 0.15) is 45.8 Å². The van der Waals surface area contributed by atoms with Crippen LogP contribution in [0.3, 0.4) is 0 Å². The zero-order chi connectivity index (χ0) is 18.8. The SMILES string of the molecule is Cc1c2c([nH]c(=O)c1CNC(=O)c1ccc(-c3ccccc3)o1)CCCC2. The first-order chi connectivity index (χ1) is 13.1. The van der Waals surface area contributed by atoms with Gasteiger partial charge in [-0.1, -0.05) is 30.3 Å². The van der Waals surface area contributed by atoms with Crippen molar-refractivity contribution in [3.8, 4) is 11.3 Å². The quantitative estimate of drug-likeness (QED) is 0.742. The Balaban J connectivity index is 1.50. The van der Waals surface area contributed by atoms with Crippen LogP contribution in [-0.2, 0) is 19.4 Å². The summed E-state index contributed by atoms with van der Waals surface area (Å²) < 4.78 is 5.67. The first kappa shape index (κ1) is 17.3. The predicted molar refractivity (Wildman–Crippen MR) is 104 cm³/mol. The maximum atomic E-state index is 12.5. The number of fused-ring (bicyclic) bond motifs is 1. The van der Waals surface area contributed by atoms with Crippen molar-refractivity contribution in [1.82, 2.24) is 10.3 Å². The summed E-state index contributed by atoms with van der Waals surface area (Å²) >= 11 is 0. The monoisotopic (exact) mass is 362 g/mol. The number of aryl methyl sites for hydroxylation is 1. The van der Waals surface area contributed by atoms with Crippen LogP contribution >= 0.6 is 0 Å². The molecule has 2 heterocycles. The van der Waals surface area contributed by atoms with Crippen molar-refractivity contribution in [3.63, 3.8) is 0 Å². The third kappa shape index (κ3) is 3.45. The number of benzene rings is 1. The molecule has 5 nitrogen and oxygen atoms in total. The fourth-order valence-electron chi connectivity index (χ4n) is 3.71. The zero-order valence-corrected chi connectivity index (χ0v) is 15.3. The zero-order valence-electron chi connectivity index (χ0n) is 15.3. The molecule has 4 rings (SSSR count). The highest BCUT2D eigenvalue weighted by atomic mass is 16.3. The first-order valence-electron chi connectivity index (χ1n) is 9.30. The third-order valence-electron chi connectivity index (χ3n) is 5.23. The molecule has 0 atom stereocenters. The van der Waals surface area contributed by atoms with Crippen LogP contribution in [0.15, 0.2) is 51.7 Å². The molecule has 1 aliphatic rings. The summed E-state index contributed by atoms with van der Waals surface area (Å²) in [5.41, 5.74) is 4.71. The Labute approximate surface area is 157 Å². The number of hydrogen-bond acceptors (Lipinski definition) is 3. The lowest BCUT2D eigenvalue weighted by atomic mass is 9.90. The Morgan fingerprint density at radius 2 is 1.89 bits per heavy atom. The second kappa shape index (κ2) is 7.27. The molecule has 1 amide bonds. The van der Waals surface area contributed by atoms with Crippen LogP contribution in [0, 0.1) is 6.92 Å². The molecule has 138 valence electrons. The number of nitrogens with one attached hydrogen (secondary N) is 2. The van der Waals surface area contributed by atoms with E-state index in [0.29, 0.717) is 11.3 Å². The van der Waals surface area contributed by atoms with Crippen molar-refractivity contribution < 1.29 is 9.21 Å². The largest absolute Gasteiger partial charge is 0.451 e. The lowest BCUT2D eigenvalue weighted by Crippen LogP contribution is -2.29. The molecule has 2 N–H and O–H groups in total. The number of furan rings is 1. The van der Waals surface area contributed by atoms with Crippen LogP contribution in [0.4, 0.5) is 0 Å². The number of H-pyrrole nitrogens is 1. The lowest BCUT2D eigenvalue weighted by Gasteiger charge is -2.19. The Hall–Kier alpha value is -3.08. The van der Waals surface area contributed by atoms with E-state index in [1.165, 1.54) is 5.56 Å². The van der Waals surface area contributed by atoms with Gasteiger partial charge in [0.25, 0.3) is 11.5 Å². The van der Waals surface area contributed by atoms with Gasteiger partial charge in [-0.15, -0.1) is 0 Å². The Kier molecular flexibility index (Phi) is 4.67. The van der Waals surface area contributed by atoms with E-state index in [1.807, 2.05) is 37.3 Å². The average Bonchev–Trinajstić information content (AvgIpc) is 3.19. The second-order valence-corrected chi connectivity index (χ2v) is 6.93. The van der Waals surface area contributed by atoms with Crippen molar-refractivity contribution in [3.05, 3.63) is 81.0 Å². The van der Waals surface area contributed by atoms with E-state index in [4.69, 9.17) is 4.42 Å². The molecule has 0 unspecified atom stereocenters. The van der Waals surface area contributed by atoms with Gasteiger partial charge in [-0.25, -0.2) is 0 Å². The summed E-state index contributed by atoms with van der Waals surface area (Å²) in [6.45, 7) is 2.16. The Bertz CT molecular complexity index is 1030. The highest BCUT2D eigenvalue weighted by molar-refractivity contribution is 5.92. The number of carbonyl (C=O) groups excluding carboxylic acids is 1. The molecule has 0 bridgehead atoms. The van der Waals surface area contributed by atoms with Gasteiger partial charge in [0.2, 0.25) is 0 Å². The fourth-order valence-corrected chi connectivity index (χ4v) is 3.71. The lowest BCUT2D eigenvalue weighted by molar-refractivity contribution is 0.0924. The molecular weight excluding hydrogens is 340 g/mol. The molecule has 0 saturated carbocycles. The minimum absolute atomic E-state index is 0.113. The van der Waals surface area contributed by atoms with Crippen LogP contribution in [0.2, 0.25) is 0 Å². The fraction of sp³-hybridized carbons (Fsp3) is 0.273. The minimum Gasteiger partial charge on any atom is -0.451 e. The van der Waals surface area contributed by atoms with E-state index >= 15 is 0 Å². The summed E-state index contributed by atoms with van der Waals surface area (Å²) in [5, 5.41) is 2.82. The van der Waals surface area contributed by atoms with E-state index in [-0.39, 0.29) is 23.8 Å². The van der Waals surface area contributed by atoms with Crippen LogP contribution < -0.4 is 10.9 Å². The molecule has 1 aromatic carbocycles. The summed E-state index contributed by atoms with van der Waals surface area (Å²) in [6, 6.07) is 13.1. The summed E-state index contributed by atoms with van der Waals surface area (Å²) in [7, 11) is 0. The number of carbonyl (C=O) groups is 1. The van der Waals surface area contributed by atoms with Crippen molar-refractivity contribution >= 4 is 5.91 Å². The van der Waals surface area contributed by atoms with E-state index in [2.05, 4.69) is 10.3 Å². The van der Waals surface area contributed by atoms with Gasteiger partial charge in [-0.2, -0.15) is 0 Å². The highest BCUT2D eigenvalue weighted by Gasteiger charge is 2.18. The number of aromatic amines is 1. The number of pyridine rings is 1. The van der Waals surface area contributed by atoms with Gasteiger partial charge in [-0.05, 0) is 55.9 Å². The number of amides is 1. The van der Waals surface area contributed by atoms with E-state index < -0.39 is 0 Å². The van der Waals surface area contributed by atoms with Crippen molar-refractivity contribution in [2.45, 2.75) is 39.2 Å². The molecule has 0 radical (unpaired) electrons. The molecule has 0 fully saturated rings. The number of hydrogen-bond donors (Lipinski definition) is 2. The van der Waals surface area contributed by atoms with E-state index in [9.17, 15) is 9.59 Å². The molecule has 5 heteroatoms. The van der Waals surface area contributed by atoms with Gasteiger partial charge in [0.15, 0.2) is 5.76 Å². The van der Waals surface area contributed by atoms with E-state index in [0.717, 1.165) is 42.5 Å². The van der Waals surface area contributed by atoms with Crippen LogP contribution in [-0.4, -0.2) is 10.9 Å². The van der Waals surface area contributed by atoms with Gasteiger partial charge in [-0.3, -0.25) is 9.59 Å². The van der Waals surface area contributed by atoms with Crippen LogP contribution in [0.5, 0.6) is 0 Å². The standard InChI is InChI=1S/C22H22N2O3/c1-14-16-9-5-6-10-18(16)24-21(25)17(14)13-23-22(26)20-12-11-19(27-20)15-7-3-2-4-8-15/h2-4,7-8,11-12H,5-6,9-10,13H2,1H3,(H,23,26)(H,24,25). The van der Waals surface area contributed by atoms with Gasteiger partial charge in [0.1, 0.15) is 5.76 Å². The molecule has 27 heavy (non-hydrogen) atoms. The van der Waals surface area contributed by atoms with E-state index in [1.54, 1.807) is 12.1 Å². The smallest absolute Gasteiger partial charge is 0.287 e. The van der Waals surface area contributed by atoms with Crippen molar-refractivity contribution in [2.75, 3.05) is 0 Å². The summed E-state index contributed by atoms with van der Waals surface area (Å²) in [6.07, 6.45) is 4.16. The summed E-state index contributed by atoms with van der Waals surface area (Å²) in [5.74, 6) is 0.554. The van der Waals surface area contributed by atoms with Gasteiger partial charge in [0, 0.05) is 23.4 Å². The maximum Gasteiger partial charge on any atom is 0.287 e. The maximum absolute atomic E-state index is 12.5. The minimum atomic E-state index is -0.325. The molecule has 0 aliphatic heterocycles. The topological polar surface area (TPSA) is 75.1 Å². The van der Waals surface area contributed by atoms with Crippen molar-refractivity contribution in [1.29, 1.82) is 0 Å². The molecule has 2 aromatic heterocycles. The highest BCUT2D eigenvalue weighted by Crippen LogP contribution is 2.24. The van der Waals surface area contributed by atoms with Gasteiger partial charge < -0.3 is 14.7 Å². The third-order valence-corrected chi connectivity index (χ3v) is 5.23. The van der Waals surface area contributed by atoms with Gasteiger partial charge >= 0.3 is 0 Å². The van der Waals surface area contributed by atoms with Crippen molar-refractivity contribution in [2.24, 2.45) is 0 Å².